The van der Waals surface area contributed by atoms with Gasteiger partial charge in [-0.3, -0.25) is 4.98 Å². The lowest BCUT2D eigenvalue weighted by molar-refractivity contribution is 0.668. The zero-order chi connectivity index (χ0) is 63.8. The lowest BCUT2D eigenvalue weighted by Crippen LogP contribution is -2.16. The smallest absolute Gasteiger partial charge is 0.153 e. The molecule has 450 valence electrons. The molecule has 0 saturated heterocycles. The molecule has 6 heterocycles. The first-order chi connectivity index (χ1) is 48.1. The van der Waals surface area contributed by atoms with Crippen LogP contribution in [0.15, 0.2) is 332 Å². The molecule has 14 aromatic carbocycles. The molecule has 0 atom stereocenters. The molecule has 0 amide bonds. The Labute approximate surface area is 556 Å². The van der Waals surface area contributed by atoms with E-state index >= 15 is 0 Å². The highest BCUT2D eigenvalue weighted by Gasteiger charge is 2.36. The Morgan fingerprint density at radius 3 is 0.948 bits per heavy atom. The summed E-state index contributed by atoms with van der Waals surface area (Å²) in [6, 6.07) is 117. The number of benzene rings is 14. The molecule has 7 nitrogen and oxygen atoms in total. The highest BCUT2D eigenvalue weighted by atomic mass is 16.3. The van der Waals surface area contributed by atoms with Crippen LogP contribution in [-0.2, 0) is 0 Å². The molecule has 7 heteroatoms. The molecule has 6 aromatic heterocycles. The first kappa shape index (κ1) is 54.3. The number of nitrogens with zero attached hydrogens (tertiary/aromatic N) is 6. The minimum Gasteiger partial charge on any atom is -0.454 e. The molecular formula is C90H54N6O. The van der Waals surface area contributed by atoms with E-state index in [9.17, 15) is 5.26 Å². The van der Waals surface area contributed by atoms with Crippen LogP contribution in [0.5, 0.6) is 0 Å². The molecule has 0 N–H and O–H groups in total. The van der Waals surface area contributed by atoms with E-state index in [1.54, 1.807) is 0 Å². The van der Waals surface area contributed by atoms with Gasteiger partial charge in [0.2, 0.25) is 0 Å². The lowest BCUT2D eigenvalue weighted by atomic mass is 9.92. The molecule has 0 unspecified atom stereocenters. The predicted octanol–water partition coefficient (Wildman–Crippen LogP) is 23.6. The normalized spacial score (nSPS) is 11.9. The van der Waals surface area contributed by atoms with E-state index in [2.05, 4.69) is 345 Å². The molecule has 0 spiro atoms. The molecule has 0 aliphatic heterocycles. The zero-order valence-corrected chi connectivity index (χ0v) is 52.3. The first-order valence-electron chi connectivity index (χ1n) is 32.9. The fourth-order valence-electron chi connectivity index (χ4n) is 15.9. The van der Waals surface area contributed by atoms with Gasteiger partial charge in [-0.25, -0.2) is 0 Å². The van der Waals surface area contributed by atoms with Crippen molar-refractivity contribution in [3.05, 3.63) is 333 Å². The number of nitriles is 1. The number of furan rings is 1. The van der Waals surface area contributed by atoms with Crippen LogP contribution in [0.3, 0.4) is 0 Å². The molecule has 97 heavy (non-hydrogen) atoms. The largest absolute Gasteiger partial charge is 0.454 e. The van der Waals surface area contributed by atoms with Crippen LogP contribution in [0.1, 0.15) is 5.56 Å². The van der Waals surface area contributed by atoms with Gasteiger partial charge in [-0.1, -0.05) is 261 Å². The summed E-state index contributed by atoms with van der Waals surface area (Å²) in [6.07, 6.45) is 3.68. The Kier molecular flexibility index (Phi) is 12.0. The molecule has 0 fully saturated rings. The standard InChI is InChI=1S/C90H54N6O/c91-54-75-86(93-76-36-17-13-30-64(76)68-44-40-60(50-80(68)93)56-22-5-1-6-23-56)88(95-78-38-19-15-32-66(78)70-46-42-62(52-82(70)95)58-26-9-3-10-27-58)85(74-35-21-34-73-72-48-49-92-55-84(72)97-90(73)74)89(96-79-39-20-16-33-67(79)71-47-43-63(53-83(71)96)59-28-11-4-12-29-59)87(75)94-77-37-18-14-31-65(77)69-45-41-61(51-81(69)94)57-24-7-2-8-25-57/h1-53,55H. The van der Waals surface area contributed by atoms with Gasteiger partial charge < -0.3 is 22.7 Å². The summed E-state index contributed by atoms with van der Waals surface area (Å²) < 4.78 is 17.3. The predicted molar refractivity (Wildman–Crippen MR) is 401 cm³/mol. The minimum absolute atomic E-state index is 0.463. The van der Waals surface area contributed by atoms with Crippen LogP contribution in [0.4, 0.5) is 0 Å². The summed E-state index contributed by atoms with van der Waals surface area (Å²) in [5, 5.41) is 24.0. The molecule has 20 aromatic rings. The summed E-state index contributed by atoms with van der Waals surface area (Å²) in [5.41, 5.74) is 22.7. The number of hydrogen-bond donors (Lipinski definition) is 0. The molecule has 0 aliphatic carbocycles. The minimum atomic E-state index is 0.463. The molecule has 0 radical (unpaired) electrons. The maximum Gasteiger partial charge on any atom is 0.153 e. The highest BCUT2D eigenvalue weighted by molar-refractivity contribution is 6.20. The third-order valence-electron chi connectivity index (χ3n) is 20.1. The maximum atomic E-state index is 13.6. The third kappa shape index (κ3) is 8.11. The Balaban J connectivity index is 1.12. The maximum absolute atomic E-state index is 13.6. The number of aromatic nitrogens is 5. The second-order valence-electron chi connectivity index (χ2n) is 25.2. The second-order valence-corrected chi connectivity index (χ2v) is 25.2. The lowest BCUT2D eigenvalue weighted by Gasteiger charge is -2.29. The summed E-state index contributed by atoms with van der Waals surface area (Å²) in [6.45, 7) is 0. The third-order valence-corrected chi connectivity index (χ3v) is 20.1. The SMILES string of the molecule is N#Cc1c(-n2c3ccccc3c3ccc(-c4ccccc4)cc32)c(-n2c3ccccc3c3ccc(-c4ccccc4)cc32)c(-c2cccc3c2oc2cnccc23)c(-n2c3ccccc3c3ccc(-c4ccccc4)cc32)c1-n1c2ccccc2c2ccc(-c3ccccc3)cc21. The summed E-state index contributed by atoms with van der Waals surface area (Å²) >= 11 is 0. The van der Waals surface area contributed by atoms with Crippen molar-refractivity contribution in [3.8, 4) is 84.5 Å². The van der Waals surface area contributed by atoms with Gasteiger partial charge in [0, 0.05) is 71.2 Å². The molecule has 0 aliphatic rings. The molecule has 0 saturated carbocycles. The van der Waals surface area contributed by atoms with Crippen molar-refractivity contribution in [1.29, 1.82) is 5.26 Å². The summed E-state index contributed by atoms with van der Waals surface area (Å²) in [5.74, 6) is 0. The fraction of sp³-hybridized carbons (Fsp3) is 0. The van der Waals surface area contributed by atoms with Crippen LogP contribution in [0.2, 0.25) is 0 Å². The van der Waals surface area contributed by atoms with Crippen molar-refractivity contribution in [1.82, 2.24) is 23.3 Å². The highest BCUT2D eigenvalue weighted by Crippen LogP contribution is 2.54. The van der Waals surface area contributed by atoms with Crippen LogP contribution < -0.4 is 0 Å². The van der Waals surface area contributed by atoms with Crippen molar-refractivity contribution >= 4 is 109 Å². The van der Waals surface area contributed by atoms with E-state index in [0.29, 0.717) is 28.1 Å². The Morgan fingerprint density at radius 2 is 0.588 bits per heavy atom. The van der Waals surface area contributed by atoms with Gasteiger partial charge in [-0.05, 0) is 99.1 Å². The first-order valence-corrected chi connectivity index (χ1v) is 32.9. The number of para-hydroxylation sites is 5. The van der Waals surface area contributed by atoms with Crippen LogP contribution in [0, 0.1) is 11.3 Å². The number of pyridine rings is 1. The average molecular weight is 1240 g/mol. The van der Waals surface area contributed by atoms with Gasteiger partial charge in [0.25, 0.3) is 0 Å². The van der Waals surface area contributed by atoms with Crippen molar-refractivity contribution in [2.24, 2.45) is 0 Å². The summed E-state index contributed by atoms with van der Waals surface area (Å²) in [4.78, 5) is 4.68. The van der Waals surface area contributed by atoms with Gasteiger partial charge >= 0.3 is 0 Å². The average Bonchev–Trinajstić information content (AvgIpc) is 1.49. The van der Waals surface area contributed by atoms with E-state index in [1.807, 2.05) is 12.4 Å². The van der Waals surface area contributed by atoms with Gasteiger partial charge in [-0.2, -0.15) is 5.26 Å². The van der Waals surface area contributed by atoms with E-state index in [4.69, 9.17) is 4.42 Å². The van der Waals surface area contributed by atoms with E-state index in [0.717, 1.165) is 165 Å². The Morgan fingerprint density at radius 1 is 0.268 bits per heavy atom. The second kappa shape index (κ2) is 21.4. The van der Waals surface area contributed by atoms with Crippen LogP contribution in [-0.4, -0.2) is 23.3 Å². The number of hydrogen-bond acceptors (Lipinski definition) is 3. The van der Waals surface area contributed by atoms with Crippen molar-refractivity contribution in [3.63, 3.8) is 0 Å². The Bertz CT molecular complexity index is 6340. The van der Waals surface area contributed by atoms with E-state index < -0.39 is 0 Å². The Hall–Kier alpha value is -13.3. The van der Waals surface area contributed by atoms with Crippen molar-refractivity contribution in [2.45, 2.75) is 0 Å². The van der Waals surface area contributed by atoms with Crippen molar-refractivity contribution in [2.75, 3.05) is 0 Å². The quantitative estimate of drug-likeness (QED) is 0.145. The van der Waals surface area contributed by atoms with Gasteiger partial charge in [0.05, 0.1) is 73.1 Å². The van der Waals surface area contributed by atoms with E-state index in [1.165, 1.54) is 0 Å². The van der Waals surface area contributed by atoms with Crippen LogP contribution >= 0.6 is 0 Å². The van der Waals surface area contributed by atoms with Crippen LogP contribution in [0.25, 0.3) is 188 Å². The fourth-order valence-corrected chi connectivity index (χ4v) is 15.9. The summed E-state index contributed by atoms with van der Waals surface area (Å²) in [7, 11) is 0. The molecule has 20 rings (SSSR count). The van der Waals surface area contributed by atoms with Gasteiger partial charge in [0.15, 0.2) is 5.58 Å². The van der Waals surface area contributed by atoms with Gasteiger partial charge in [0.1, 0.15) is 17.2 Å². The number of fused-ring (bicyclic) bond motifs is 15. The number of rotatable bonds is 9. The molecular weight excluding hydrogens is 1180 g/mol. The topological polar surface area (TPSA) is 69.5 Å². The van der Waals surface area contributed by atoms with E-state index in [-0.39, 0.29) is 0 Å². The van der Waals surface area contributed by atoms with Crippen molar-refractivity contribution < 1.29 is 4.42 Å². The van der Waals surface area contributed by atoms with Gasteiger partial charge in [-0.15, -0.1) is 0 Å². The monoisotopic (exact) mass is 1230 g/mol. The molecule has 0 bridgehead atoms. The zero-order valence-electron chi connectivity index (χ0n) is 52.3.